The molecule has 0 radical (unpaired) electrons. The van der Waals surface area contributed by atoms with Crippen LogP contribution in [0.25, 0.3) is 0 Å². The first-order valence-electron chi connectivity index (χ1n) is 6.31. The fraction of sp³-hybridized carbons (Fsp3) is 0.400. The molecule has 0 aliphatic rings. The summed E-state index contributed by atoms with van der Waals surface area (Å²) in [6, 6.07) is 9.69. The smallest absolute Gasteiger partial charge is 0.333 e. The maximum absolute atomic E-state index is 11.0. The minimum atomic E-state index is -0.931. The number of unbranched alkanes of at least 4 members (excludes halogenated alkanes) is 1. The monoisotopic (exact) mass is 247 g/mol. The number of carboxylic acid groups (broad SMARTS) is 1. The van der Waals surface area contributed by atoms with Crippen molar-refractivity contribution in [1.29, 1.82) is 0 Å². The molecule has 1 aromatic carbocycles. The highest BCUT2D eigenvalue weighted by molar-refractivity contribution is 5.88. The molecule has 3 nitrogen and oxygen atoms in total. The van der Waals surface area contributed by atoms with Crippen LogP contribution in [0.4, 0.5) is 5.69 Å². The second kappa shape index (κ2) is 6.84. The number of aliphatic carboxylic acids is 1. The van der Waals surface area contributed by atoms with Crippen LogP contribution < -0.4 is 4.90 Å². The van der Waals surface area contributed by atoms with Gasteiger partial charge in [-0.3, -0.25) is 0 Å². The van der Waals surface area contributed by atoms with Crippen molar-refractivity contribution < 1.29 is 9.90 Å². The van der Waals surface area contributed by atoms with E-state index in [2.05, 4.69) is 18.4 Å². The highest BCUT2D eigenvalue weighted by Gasteiger charge is 2.20. The molecule has 1 unspecified atom stereocenters. The zero-order chi connectivity index (χ0) is 13.5. The summed E-state index contributed by atoms with van der Waals surface area (Å²) in [5.74, 6) is -0.931. The number of carboxylic acids is 1. The maximum Gasteiger partial charge on any atom is 0.333 e. The van der Waals surface area contributed by atoms with Crippen molar-refractivity contribution in [3.05, 3.63) is 42.5 Å². The van der Waals surface area contributed by atoms with Crippen molar-refractivity contribution >= 4 is 11.7 Å². The van der Waals surface area contributed by atoms with Gasteiger partial charge in [0, 0.05) is 12.2 Å². The van der Waals surface area contributed by atoms with E-state index in [9.17, 15) is 4.79 Å². The standard InChI is InChI=1S/C15H21NO2/c1-4-5-11-16(13(3)12(2)15(17)18)14-9-7-6-8-10-14/h6-10,13H,2,4-5,11H2,1,3H3,(H,17,18). The van der Waals surface area contributed by atoms with Gasteiger partial charge in [0.05, 0.1) is 11.6 Å². The lowest BCUT2D eigenvalue weighted by Gasteiger charge is -2.31. The van der Waals surface area contributed by atoms with E-state index in [1.165, 1.54) is 0 Å². The first kappa shape index (κ1) is 14.3. The molecule has 0 heterocycles. The fourth-order valence-corrected chi connectivity index (χ4v) is 1.86. The Morgan fingerprint density at radius 3 is 2.50 bits per heavy atom. The molecule has 0 bridgehead atoms. The van der Waals surface area contributed by atoms with Gasteiger partial charge in [-0.05, 0) is 25.5 Å². The van der Waals surface area contributed by atoms with Crippen LogP contribution in [0.3, 0.4) is 0 Å². The summed E-state index contributed by atoms with van der Waals surface area (Å²) in [4.78, 5) is 13.1. The van der Waals surface area contributed by atoms with E-state index in [1.54, 1.807) is 0 Å². The van der Waals surface area contributed by atoms with Crippen LogP contribution in [0.1, 0.15) is 26.7 Å². The first-order chi connectivity index (χ1) is 8.57. The number of benzene rings is 1. The second-order valence-electron chi connectivity index (χ2n) is 4.39. The molecule has 0 aliphatic carbocycles. The van der Waals surface area contributed by atoms with Crippen LogP contribution in [-0.4, -0.2) is 23.7 Å². The summed E-state index contributed by atoms with van der Waals surface area (Å²) >= 11 is 0. The molecule has 0 fully saturated rings. The zero-order valence-corrected chi connectivity index (χ0v) is 11.1. The van der Waals surface area contributed by atoms with Gasteiger partial charge in [-0.15, -0.1) is 0 Å². The van der Waals surface area contributed by atoms with Gasteiger partial charge < -0.3 is 10.0 Å². The molecule has 1 aromatic rings. The van der Waals surface area contributed by atoms with Crippen molar-refractivity contribution in [3.63, 3.8) is 0 Å². The lowest BCUT2D eigenvalue weighted by Crippen LogP contribution is -2.37. The summed E-state index contributed by atoms with van der Waals surface area (Å²) in [7, 11) is 0. The molecule has 1 atom stereocenters. The number of anilines is 1. The third-order valence-electron chi connectivity index (χ3n) is 3.09. The molecular formula is C15H21NO2. The number of para-hydroxylation sites is 1. The third-order valence-corrected chi connectivity index (χ3v) is 3.09. The molecule has 0 spiro atoms. The average molecular weight is 247 g/mol. The Balaban J connectivity index is 2.91. The summed E-state index contributed by atoms with van der Waals surface area (Å²) in [6.07, 6.45) is 2.11. The normalized spacial score (nSPS) is 11.9. The van der Waals surface area contributed by atoms with Crippen molar-refractivity contribution in [1.82, 2.24) is 0 Å². The molecule has 1 N–H and O–H groups in total. The molecule has 1 rings (SSSR count). The quantitative estimate of drug-likeness (QED) is 0.751. The molecule has 18 heavy (non-hydrogen) atoms. The first-order valence-corrected chi connectivity index (χ1v) is 6.31. The van der Waals surface area contributed by atoms with Crippen molar-refractivity contribution in [2.24, 2.45) is 0 Å². The molecule has 0 saturated carbocycles. The van der Waals surface area contributed by atoms with Crippen LogP contribution in [0.15, 0.2) is 42.5 Å². The van der Waals surface area contributed by atoms with Crippen LogP contribution in [0, 0.1) is 0 Å². The van der Waals surface area contributed by atoms with Gasteiger partial charge in [-0.2, -0.15) is 0 Å². The van der Waals surface area contributed by atoms with Gasteiger partial charge in [0.1, 0.15) is 0 Å². The van der Waals surface area contributed by atoms with Crippen molar-refractivity contribution in [2.75, 3.05) is 11.4 Å². The fourth-order valence-electron chi connectivity index (χ4n) is 1.86. The largest absolute Gasteiger partial charge is 0.478 e. The van der Waals surface area contributed by atoms with Gasteiger partial charge in [0.25, 0.3) is 0 Å². The third kappa shape index (κ3) is 3.62. The topological polar surface area (TPSA) is 40.5 Å². The number of hydrogen-bond acceptors (Lipinski definition) is 2. The number of carbonyl (C=O) groups is 1. The Morgan fingerprint density at radius 2 is 2.00 bits per heavy atom. The van der Waals surface area contributed by atoms with Gasteiger partial charge in [0.15, 0.2) is 0 Å². The summed E-state index contributed by atoms with van der Waals surface area (Å²) in [6.45, 7) is 8.52. The van der Waals surface area contributed by atoms with Crippen molar-refractivity contribution in [2.45, 2.75) is 32.7 Å². The Kier molecular flexibility index (Phi) is 5.43. The van der Waals surface area contributed by atoms with Crippen molar-refractivity contribution in [3.8, 4) is 0 Å². The highest BCUT2D eigenvalue weighted by Crippen LogP contribution is 2.20. The Morgan fingerprint density at radius 1 is 1.39 bits per heavy atom. The van der Waals surface area contributed by atoms with Crippen LogP contribution in [0.5, 0.6) is 0 Å². The van der Waals surface area contributed by atoms with Gasteiger partial charge in [-0.25, -0.2) is 4.79 Å². The summed E-state index contributed by atoms with van der Waals surface area (Å²) in [5.41, 5.74) is 1.27. The number of nitrogens with zero attached hydrogens (tertiary/aromatic N) is 1. The molecule has 0 amide bonds. The molecule has 0 aromatic heterocycles. The molecule has 98 valence electrons. The zero-order valence-electron chi connectivity index (χ0n) is 11.1. The number of hydrogen-bond donors (Lipinski definition) is 1. The summed E-state index contributed by atoms with van der Waals surface area (Å²) in [5, 5.41) is 9.05. The van der Waals surface area contributed by atoms with E-state index < -0.39 is 5.97 Å². The lowest BCUT2D eigenvalue weighted by atomic mass is 10.1. The highest BCUT2D eigenvalue weighted by atomic mass is 16.4. The lowest BCUT2D eigenvalue weighted by molar-refractivity contribution is -0.132. The Bertz CT molecular complexity index is 400. The number of rotatable bonds is 7. The van der Waals surface area contributed by atoms with E-state index in [1.807, 2.05) is 37.3 Å². The molecule has 0 aliphatic heterocycles. The van der Waals surface area contributed by atoms with Crippen LogP contribution >= 0.6 is 0 Å². The van der Waals surface area contributed by atoms with Gasteiger partial charge in [0.2, 0.25) is 0 Å². The molecule has 3 heteroatoms. The minimum absolute atomic E-state index is 0.198. The minimum Gasteiger partial charge on any atom is -0.478 e. The van der Waals surface area contributed by atoms with Crippen LogP contribution in [0.2, 0.25) is 0 Å². The summed E-state index contributed by atoms with van der Waals surface area (Å²) < 4.78 is 0. The Hall–Kier alpha value is -1.77. The average Bonchev–Trinajstić information content (AvgIpc) is 2.39. The van der Waals surface area contributed by atoms with Gasteiger partial charge in [-0.1, -0.05) is 38.1 Å². The molecule has 0 saturated heterocycles. The van der Waals surface area contributed by atoms with E-state index in [4.69, 9.17) is 5.11 Å². The van der Waals surface area contributed by atoms with Gasteiger partial charge >= 0.3 is 5.97 Å². The predicted octanol–water partition coefficient (Wildman–Crippen LogP) is 3.32. The second-order valence-corrected chi connectivity index (χ2v) is 4.39. The Labute approximate surface area is 109 Å². The maximum atomic E-state index is 11.0. The van der Waals surface area contributed by atoms with Crippen LogP contribution in [-0.2, 0) is 4.79 Å². The van der Waals surface area contributed by atoms with E-state index >= 15 is 0 Å². The molecular weight excluding hydrogens is 226 g/mol. The SMILES string of the molecule is C=C(C(=O)O)C(C)N(CCCC)c1ccccc1. The van der Waals surface area contributed by atoms with E-state index in [0.717, 1.165) is 25.1 Å². The predicted molar refractivity (Wildman–Crippen MR) is 74.9 cm³/mol. The van der Waals surface area contributed by atoms with E-state index in [0.29, 0.717) is 0 Å². The van der Waals surface area contributed by atoms with E-state index in [-0.39, 0.29) is 11.6 Å².